The van der Waals surface area contributed by atoms with E-state index in [-0.39, 0.29) is 13.2 Å². The zero-order valence-corrected chi connectivity index (χ0v) is 11.0. The molecule has 1 N–H and O–H groups in total. The maximum atomic E-state index is 11.5. The third-order valence-corrected chi connectivity index (χ3v) is 2.53. The van der Waals surface area contributed by atoms with Gasteiger partial charge in [0.05, 0.1) is 19.3 Å². The van der Waals surface area contributed by atoms with Crippen LogP contribution in [0.2, 0.25) is 0 Å². The van der Waals surface area contributed by atoms with Crippen LogP contribution < -0.4 is 5.32 Å². The second-order valence-corrected chi connectivity index (χ2v) is 4.14. The van der Waals surface area contributed by atoms with E-state index < -0.39 is 6.09 Å². The summed E-state index contributed by atoms with van der Waals surface area (Å²) in [6.07, 6.45) is 2.99. The lowest BCUT2D eigenvalue weighted by Gasteiger charge is -2.05. The van der Waals surface area contributed by atoms with E-state index >= 15 is 0 Å². The molecule has 0 atom stereocenters. The summed E-state index contributed by atoms with van der Waals surface area (Å²) in [5.41, 5.74) is 1.61. The van der Waals surface area contributed by atoms with E-state index in [1.807, 2.05) is 30.3 Å². The highest BCUT2D eigenvalue weighted by Crippen LogP contribution is 2.00. The number of carbonyl (C=O) groups is 1. The van der Waals surface area contributed by atoms with Gasteiger partial charge in [0.15, 0.2) is 0 Å². The van der Waals surface area contributed by atoms with E-state index in [1.165, 1.54) is 0 Å². The van der Waals surface area contributed by atoms with Crippen molar-refractivity contribution in [3.8, 4) is 0 Å². The van der Waals surface area contributed by atoms with Crippen molar-refractivity contribution < 1.29 is 9.53 Å². The molecule has 0 unspecified atom stereocenters. The van der Waals surface area contributed by atoms with E-state index in [1.54, 1.807) is 17.0 Å². The predicted octanol–water partition coefficient (Wildman–Crippen LogP) is 1.89. The summed E-state index contributed by atoms with van der Waals surface area (Å²) in [5.74, 6) is 0. The number of carbonyl (C=O) groups excluding carboxylic acids is 1. The average molecular weight is 272 g/mol. The number of alkyl carbamates (subject to hydrolysis) is 1. The molecule has 0 aliphatic heterocycles. The maximum absolute atomic E-state index is 11.5. The highest BCUT2D eigenvalue weighted by molar-refractivity contribution is 5.67. The van der Waals surface area contributed by atoms with Crippen LogP contribution in [0.3, 0.4) is 0 Å². The minimum atomic E-state index is -0.480. The van der Waals surface area contributed by atoms with Crippen molar-refractivity contribution in [1.29, 1.82) is 0 Å². The van der Waals surface area contributed by atoms with Gasteiger partial charge in [-0.15, -0.1) is 11.7 Å². The Kier molecular flexibility index (Phi) is 4.88. The third kappa shape index (κ3) is 4.24. The van der Waals surface area contributed by atoms with Crippen LogP contribution in [0.4, 0.5) is 4.79 Å². The second-order valence-electron chi connectivity index (χ2n) is 4.14. The van der Waals surface area contributed by atoms with Gasteiger partial charge in [-0.3, -0.25) is 0 Å². The predicted molar refractivity (Wildman–Crippen MR) is 73.7 cm³/mol. The van der Waals surface area contributed by atoms with E-state index in [4.69, 9.17) is 4.74 Å². The minimum absolute atomic E-state index is 0.246. The number of amides is 1. The number of aromatic nitrogens is 3. The van der Waals surface area contributed by atoms with Gasteiger partial charge in [0.25, 0.3) is 0 Å². The first-order chi connectivity index (χ1) is 9.78. The summed E-state index contributed by atoms with van der Waals surface area (Å²) < 4.78 is 6.72. The van der Waals surface area contributed by atoms with Crippen molar-refractivity contribution in [2.45, 2.75) is 19.7 Å². The molecule has 6 heteroatoms. The van der Waals surface area contributed by atoms with Gasteiger partial charge in [0.2, 0.25) is 0 Å². The van der Waals surface area contributed by atoms with Crippen LogP contribution in [-0.2, 0) is 24.4 Å². The average Bonchev–Trinajstić information content (AvgIpc) is 2.92. The number of rotatable bonds is 6. The molecule has 1 heterocycles. The number of ether oxygens (including phenoxy) is 1. The molecule has 2 aromatic rings. The largest absolute Gasteiger partial charge is 0.445 e. The number of benzene rings is 1. The molecule has 0 aliphatic rings. The summed E-state index contributed by atoms with van der Waals surface area (Å²) in [7, 11) is 0. The first kappa shape index (κ1) is 13.8. The van der Waals surface area contributed by atoms with Crippen LogP contribution in [0.1, 0.15) is 11.3 Å². The number of nitrogens with one attached hydrogen (secondary N) is 1. The Labute approximate surface area is 117 Å². The zero-order valence-electron chi connectivity index (χ0n) is 11.0. The number of hydrogen-bond donors (Lipinski definition) is 1. The van der Waals surface area contributed by atoms with Crippen molar-refractivity contribution in [3.05, 3.63) is 60.4 Å². The Morgan fingerprint density at radius 3 is 2.95 bits per heavy atom. The van der Waals surface area contributed by atoms with Crippen molar-refractivity contribution in [3.63, 3.8) is 0 Å². The minimum Gasteiger partial charge on any atom is -0.445 e. The lowest BCUT2D eigenvalue weighted by Crippen LogP contribution is -2.23. The molecule has 1 aromatic heterocycles. The van der Waals surface area contributed by atoms with Crippen molar-refractivity contribution in [2.24, 2.45) is 0 Å². The van der Waals surface area contributed by atoms with Crippen molar-refractivity contribution in [2.75, 3.05) is 0 Å². The first-order valence-electron chi connectivity index (χ1n) is 6.22. The SMILES string of the molecule is C=CCn1cc(CNC(=O)OCc2ccccc2)nn1. The molecule has 0 saturated heterocycles. The van der Waals surface area contributed by atoms with Crippen LogP contribution in [0.5, 0.6) is 0 Å². The van der Waals surface area contributed by atoms with Gasteiger partial charge < -0.3 is 10.1 Å². The van der Waals surface area contributed by atoms with Gasteiger partial charge in [-0.05, 0) is 5.56 Å². The topological polar surface area (TPSA) is 69.0 Å². The quantitative estimate of drug-likeness (QED) is 0.815. The lowest BCUT2D eigenvalue weighted by molar-refractivity contribution is 0.139. The molecule has 0 bridgehead atoms. The fourth-order valence-electron chi connectivity index (χ4n) is 1.58. The number of hydrogen-bond acceptors (Lipinski definition) is 4. The Morgan fingerprint density at radius 1 is 1.40 bits per heavy atom. The van der Waals surface area contributed by atoms with Crippen LogP contribution in [-0.4, -0.2) is 21.1 Å². The van der Waals surface area contributed by atoms with Gasteiger partial charge >= 0.3 is 6.09 Å². The summed E-state index contributed by atoms with van der Waals surface area (Å²) in [4.78, 5) is 11.5. The third-order valence-electron chi connectivity index (χ3n) is 2.53. The molecular weight excluding hydrogens is 256 g/mol. The summed E-state index contributed by atoms with van der Waals surface area (Å²) >= 11 is 0. The smallest absolute Gasteiger partial charge is 0.407 e. The van der Waals surface area contributed by atoms with E-state index in [0.717, 1.165) is 5.56 Å². The van der Waals surface area contributed by atoms with E-state index in [0.29, 0.717) is 12.2 Å². The first-order valence-corrected chi connectivity index (χ1v) is 6.22. The molecular formula is C14H16N4O2. The van der Waals surface area contributed by atoms with E-state index in [2.05, 4.69) is 22.2 Å². The number of nitrogens with zero attached hydrogens (tertiary/aromatic N) is 3. The molecule has 0 radical (unpaired) electrons. The molecule has 0 spiro atoms. The van der Waals surface area contributed by atoms with Crippen LogP contribution in [0, 0.1) is 0 Å². The Hall–Kier alpha value is -2.63. The van der Waals surface area contributed by atoms with Crippen molar-refractivity contribution in [1.82, 2.24) is 20.3 Å². The standard InChI is InChI=1S/C14H16N4O2/c1-2-8-18-10-13(16-17-18)9-15-14(19)20-11-12-6-4-3-5-7-12/h2-7,10H,1,8-9,11H2,(H,15,19). The maximum Gasteiger partial charge on any atom is 0.407 e. The van der Waals surface area contributed by atoms with Crippen LogP contribution in [0.15, 0.2) is 49.2 Å². The highest BCUT2D eigenvalue weighted by Gasteiger charge is 2.05. The monoisotopic (exact) mass is 272 g/mol. The molecule has 104 valence electrons. The molecule has 1 amide bonds. The molecule has 1 aromatic carbocycles. The molecule has 6 nitrogen and oxygen atoms in total. The highest BCUT2D eigenvalue weighted by atomic mass is 16.5. The second kappa shape index (κ2) is 7.08. The van der Waals surface area contributed by atoms with Crippen LogP contribution in [0.25, 0.3) is 0 Å². The van der Waals surface area contributed by atoms with Gasteiger partial charge in [0.1, 0.15) is 12.3 Å². The van der Waals surface area contributed by atoms with Gasteiger partial charge in [-0.25, -0.2) is 9.48 Å². The van der Waals surface area contributed by atoms with Crippen LogP contribution >= 0.6 is 0 Å². The molecule has 0 aliphatic carbocycles. The molecule has 20 heavy (non-hydrogen) atoms. The number of allylic oxidation sites excluding steroid dienone is 1. The Balaban J connectivity index is 1.73. The Bertz CT molecular complexity index is 566. The fraction of sp³-hybridized carbons (Fsp3) is 0.214. The summed E-state index contributed by atoms with van der Waals surface area (Å²) in [6, 6.07) is 9.50. The summed E-state index contributed by atoms with van der Waals surface area (Å²) in [5, 5.41) is 10.4. The van der Waals surface area contributed by atoms with E-state index in [9.17, 15) is 4.79 Å². The summed E-state index contributed by atoms with van der Waals surface area (Å²) in [6.45, 7) is 4.73. The Morgan fingerprint density at radius 2 is 2.20 bits per heavy atom. The van der Waals surface area contributed by atoms with Gasteiger partial charge in [-0.1, -0.05) is 41.6 Å². The van der Waals surface area contributed by atoms with Gasteiger partial charge in [0, 0.05) is 0 Å². The lowest BCUT2D eigenvalue weighted by atomic mass is 10.2. The molecule has 2 rings (SSSR count). The molecule has 0 saturated carbocycles. The van der Waals surface area contributed by atoms with Crippen molar-refractivity contribution >= 4 is 6.09 Å². The molecule has 0 fully saturated rings. The zero-order chi connectivity index (χ0) is 14.2. The van der Waals surface area contributed by atoms with Gasteiger partial charge in [-0.2, -0.15) is 0 Å². The fourth-order valence-corrected chi connectivity index (χ4v) is 1.58. The normalized spacial score (nSPS) is 10.0.